The number of rotatable bonds is 5. The molecule has 0 aromatic heterocycles. The Morgan fingerprint density at radius 3 is 2.44 bits per heavy atom. The summed E-state index contributed by atoms with van der Waals surface area (Å²) < 4.78 is 30.5. The third-order valence-corrected chi connectivity index (χ3v) is 6.70. The van der Waals surface area contributed by atoms with E-state index in [1.54, 1.807) is 23.1 Å². The minimum absolute atomic E-state index is 0.00488. The maximum atomic E-state index is 12.7. The number of carbonyl (C=O) groups is 1. The minimum atomic E-state index is -3.37. The molecule has 2 aromatic rings. The standard InChI is InChI=1S/C25H32N2O4S/c1-4-27(5-2)25(28)20-11-9-19(10-12-20)22-8-6-15-26-16-7-17-31-24-14-13-21(18-23(22)24)32(3,29)30/h8-14,18,26H,4-7,15-17H2,1-3H3/b22-8-. The molecule has 1 amide bonds. The number of sulfone groups is 1. The van der Waals surface area contributed by atoms with Crippen LogP contribution in [-0.4, -0.2) is 58.3 Å². The molecule has 3 rings (SSSR count). The molecule has 1 N–H and O–H groups in total. The van der Waals surface area contributed by atoms with Crippen LogP contribution in [0, 0.1) is 0 Å². The van der Waals surface area contributed by atoms with Crippen molar-refractivity contribution < 1.29 is 17.9 Å². The van der Waals surface area contributed by atoms with E-state index >= 15 is 0 Å². The number of carbonyl (C=O) groups excluding carboxylic acids is 1. The maximum absolute atomic E-state index is 12.7. The normalized spacial score (nSPS) is 16.7. The molecule has 0 unspecified atom stereocenters. The van der Waals surface area contributed by atoms with E-state index < -0.39 is 9.84 Å². The summed E-state index contributed by atoms with van der Waals surface area (Å²) in [7, 11) is -3.37. The van der Waals surface area contributed by atoms with Crippen LogP contribution < -0.4 is 10.1 Å². The number of benzene rings is 2. The Labute approximate surface area is 191 Å². The largest absolute Gasteiger partial charge is 0.493 e. The van der Waals surface area contributed by atoms with Crippen LogP contribution in [0.4, 0.5) is 0 Å². The van der Waals surface area contributed by atoms with Gasteiger partial charge in [-0.2, -0.15) is 0 Å². The molecule has 32 heavy (non-hydrogen) atoms. The molecule has 0 radical (unpaired) electrons. The lowest BCUT2D eigenvalue weighted by molar-refractivity contribution is 0.0773. The fraction of sp³-hybridized carbons (Fsp3) is 0.400. The molecule has 0 saturated heterocycles. The van der Waals surface area contributed by atoms with Crippen LogP contribution in [0.25, 0.3) is 5.57 Å². The highest BCUT2D eigenvalue weighted by Crippen LogP contribution is 2.34. The number of nitrogens with one attached hydrogen (secondary N) is 1. The van der Waals surface area contributed by atoms with Gasteiger partial charge < -0.3 is 15.0 Å². The molecule has 0 fully saturated rings. The van der Waals surface area contributed by atoms with Gasteiger partial charge in [0.25, 0.3) is 5.91 Å². The Bertz CT molecular complexity index is 1070. The highest BCUT2D eigenvalue weighted by atomic mass is 32.2. The number of ether oxygens (including phenoxy) is 1. The second-order valence-electron chi connectivity index (χ2n) is 7.84. The predicted octanol–water partition coefficient (Wildman–Crippen LogP) is 3.77. The monoisotopic (exact) mass is 456 g/mol. The van der Waals surface area contributed by atoms with Gasteiger partial charge in [-0.05, 0) is 81.2 Å². The molecule has 172 valence electrons. The smallest absolute Gasteiger partial charge is 0.253 e. The van der Waals surface area contributed by atoms with Crippen molar-refractivity contribution in [3.8, 4) is 5.75 Å². The summed E-state index contributed by atoms with van der Waals surface area (Å²) in [6, 6.07) is 12.5. The second kappa shape index (κ2) is 10.8. The zero-order valence-electron chi connectivity index (χ0n) is 19.1. The van der Waals surface area contributed by atoms with Gasteiger partial charge in [0.2, 0.25) is 0 Å². The zero-order chi connectivity index (χ0) is 23.1. The van der Waals surface area contributed by atoms with Crippen molar-refractivity contribution in [1.82, 2.24) is 10.2 Å². The molecule has 1 aliphatic rings. The van der Waals surface area contributed by atoms with Crippen molar-refractivity contribution in [2.45, 2.75) is 31.6 Å². The van der Waals surface area contributed by atoms with Gasteiger partial charge >= 0.3 is 0 Å². The fourth-order valence-electron chi connectivity index (χ4n) is 3.77. The van der Waals surface area contributed by atoms with Crippen molar-refractivity contribution in [1.29, 1.82) is 0 Å². The van der Waals surface area contributed by atoms with Crippen LogP contribution in [0.2, 0.25) is 0 Å². The highest BCUT2D eigenvalue weighted by molar-refractivity contribution is 7.90. The first-order chi connectivity index (χ1) is 15.3. The van der Waals surface area contributed by atoms with Gasteiger partial charge in [0.05, 0.1) is 11.5 Å². The number of nitrogens with zero attached hydrogens (tertiary/aromatic N) is 1. The van der Waals surface area contributed by atoms with E-state index in [4.69, 9.17) is 4.74 Å². The first kappa shape index (κ1) is 24.0. The summed E-state index contributed by atoms with van der Waals surface area (Å²) in [6.45, 7) is 7.48. The van der Waals surface area contributed by atoms with Gasteiger partial charge in [0.1, 0.15) is 5.75 Å². The van der Waals surface area contributed by atoms with Gasteiger partial charge in [0.15, 0.2) is 9.84 Å². The molecule has 2 aromatic carbocycles. The average molecular weight is 457 g/mol. The Hall–Kier alpha value is -2.64. The summed E-state index contributed by atoms with van der Waals surface area (Å²) >= 11 is 0. The highest BCUT2D eigenvalue weighted by Gasteiger charge is 2.18. The summed E-state index contributed by atoms with van der Waals surface area (Å²) in [5.74, 6) is 0.666. The van der Waals surface area contributed by atoms with Gasteiger partial charge in [-0.3, -0.25) is 4.79 Å². The lowest BCUT2D eigenvalue weighted by atomic mass is 9.95. The molecule has 0 saturated carbocycles. The third kappa shape index (κ3) is 5.78. The molecule has 7 heteroatoms. The molecule has 0 spiro atoms. The Morgan fingerprint density at radius 2 is 1.78 bits per heavy atom. The van der Waals surface area contributed by atoms with Gasteiger partial charge in [-0.25, -0.2) is 8.42 Å². The van der Waals surface area contributed by atoms with E-state index in [9.17, 15) is 13.2 Å². The summed E-state index contributed by atoms with van der Waals surface area (Å²) in [5.41, 5.74) is 3.20. The van der Waals surface area contributed by atoms with E-state index in [2.05, 4.69) is 11.4 Å². The third-order valence-electron chi connectivity index (χ3n) is 5.59. The number of fused-ring (bicyclic) bond motifs is 1. The molecular weight excluding hydrogens is 424 g/mol. The molecule has 6 nitrogen and oxygen atoms in total. The number of hydrogen-bond acceptors (Lipinski definition) is 5. The first-order valence-electron chi connectivity index (χ1n) is 11.1. The Kier molecular flexibility index (Phi) is 8.10. The quantitative estimate of drug-likeness (QED) is 0.741. The molecule has 0 aliphatic carbocycles. The molecule has 1 aliphatic heterocycles. The number of amides is 1. The van der Waals surface area contributed by atoms with Crippen LogP contribution in [0.5, 0.6) is 5.75 Å². The first-order valence-corrected chi connectivity index (χ1v) is 13.0. The number of hydrogen-bond donors (Lipinski definition) is 1. The average Bonchev–Trinajstić information content (AvgIpc) is 2.83. The minimum Gasteiger partial charge on any atom is -0.493 e. The van der Waals surface area contributed by atoms with Crippen LogP contribution >= 0.6 is 0 Å². The van der Waals surface area contributed by atoms with Crippen LogP contribution in [-0.2, 0) is 9.84 Å². The van der Waals surface area contributed by atoms with Crippen LogP contribution in [0.15, 0.2) is 53.4 Å². The summed E-state index contributed by atoms with van der Waals surface area (Å²) in [4.78, 5) is 14.7. The van der Waals surface area contributed by atoms with Crippen LogP contribution in [0.1, 0.15) is 48.2 Å². The van der Waals surface area contributed by atoms with Crippen LogP contribution in [0.3, 0.4) is 0 Å². The molecule has 1 heterocycles. The SMILES string of the molecule is CCN(CC)C(=O)c1ccc(/C2=C/CCNCCCOc3ccc(S(C)(=O)=O)cc32)cc1. The van der Waals surface area contributed by atoms with Crippen molar-refractivity contribution in [2.75, 3.05) is 39.0 Å². The summed E-state index contributed by atoms with van der Waals surface area (Å²) in [5, 5.41) is 3.40. The van der Waals surface area contributed by atoms with Gasteiger partial charge in [0, 0.05) is 30.5 Å². The van der Waals surface area contributed by atoms with E-state index in [0.717, 1.165) is 42.6 Å². The van der Waals surface area contributed by atoms with E-state index in [1.807, 2.05) is 38.1 Å². The van der Waals surface area contributed by atoms with Crippen molar-refractivity contribution in [3.05, 3.63) is 65.2 Å². The molecule has 0 atom stereocenters. The summed E-state index contributed by atoms with van der Waals surface area (Å²) in [6.07, 6.45) is 4.97. The molecular formula is C25H32N2O4S. The maximum Gasteiger partial charge on any atom is 0.253 e. The Morgan fingerprint density at radius 1 is 1.06 bits per heavy atom. The van der Waals surface area contributed by atoms with E-state index in [-0.39, 0.29) is 10.8 Å². The van der Waals surface area contributed by atoms with Crippen molar-refractivity contribution in [3.63, 3.8) is 0 Å². The van der Waals surface area contributed by atoms with E-state index in [1.165, 1.54) is 6.26 Å². The zero-order valence-corrected chi connectivity index (χ0v) is 19.9. The topological polar surface area (TPSA) is 75.7 Å². The van der Waals surface area contributed by atoms with Gasteiger partial charge in [-0.15, -0.1) is 0 Å². The van der Waals surface area contributed by atoms with Crippen molar-refractivity contribution in [2.24, 2.45) is 0 Å². The lowest BCUT2D eigenvalue weighted by Crippen LogP contribution is -2.30. The van der Waals surface area contributed by atoms with Gasteiger partial charge in [-0.1, -0.05) is 18.2 Å². The fourth-order valence-corrected chi connectivity index (χ4v) is 4.42. The van der Waals surface area contributed by atoms with Crippen molar-refractivity contribution >= 4 is 21.3 Å². The molecule has 0 bridgehead atoms. The van der Waals surface area contributed by atoms with E-state index in [0.29, 0.717) is 31.0 Å². The predicted molar refractivity (Wildman–Crippen MR) is 128 cm³/mol. The lowest BCUT2D eigenvalue weighted by Gasteiger charge is -2.19. The Balaban J connectivity index is 2.07. The second-order valence-corrected chi connectivity index (χ2v) is 9.86.